The van der Waals surface area contributed by atoms with E-state index in [-0.39, 0.29) is 11.2 Å². The molecule has 0 heterocycles. The first kappa shape index (κ1) is 25.9. The van der Waals surface area contributed by atoms with Crippen molar-refractivity contribution in [3.05, 3.63) is 90.0 Å². The summed E-state index contributed by atoms with van der Waals surface area (Å²) in [6.45, 7) is 17.7. The van der Waals surface area contributed by atoms with E-state index in [1.54, 1.807) is 7.11 Å². The van der Waals surface area contributed by atoms with Crippen LogP contribution in [0.25, 0.3) is 0 Å². The normalized spacial score (nSPS) is 11.9. The highest BCUT2D eigenvalue weighted by Gasteiger charge is 2.22. The molecule has 0 unspecified atom stereocenters. The average Bonchev–Trinajstić information content (AvgIpc) is 2.72. The summed E-state index contributed by atoms with van der Waals surface area (Å²) < 4.78 is 11.7. The first-order valence-corrected chi connectivity index (χ1v) is 11.5. The summed E-state index contributed by atoms with van der Waals surface area (Å²) in [5.74, 6) is 0. The van der Waals surface area contributed by atoms with E-state index in [1.165, 1.54) is 22.3 Å². The summed E-state index contributed by atoms with van der Waals surface area (Å²) in [4.78, 5) is 0. The van der Waals surface area contributed by atoms with Crippen LogP contribution in [-0.4, -0.2) is 24.9 Å². The van der Waals surface area contributed by atoms with E-state index in [9.17, 15) is 0 Å². The van der Waals surface area contributed by atoms with Crippen molar-refractivity contribution in [1.29, 1.82) is 0 Å². The molecule has 3 nitrogen and oxygen atoms in total. The Bertz CT molecular complexity index is 854. The zero-order valence-corrected chi connectivity index (χ0v) is 20.7. The van der Waals surface area contributed by atoms with Gasteiger partial charge in [-0.15, -0.1) is 13.2 Å². The first-order chi connectivity index (χ1) is 15.2. The predicted molar refractivity (Wildman–Crippen MR) is 137 cm³/mol. The third-order valence-corrected chi connectivity index (χ3v) is 5.68. The number of ether oxygens (including phenoxy) is 2. The molecule has 1 N–H and O–H groups in total. The van der Waals surface area contributed by atoms with E-state index >= 15 is 0 Å². The molecule has 0 radical (unpaired) electrons. The Morgan fingerprint density at radius 2 is 1.47 bits per heavy atom. The Morgan fingerprint density at radius 1 is 0.844 bits per heavy atom. The molecule has 0 aromatic heterocycles. The maximum atomic E-state index is 6.20. The number of hydrogen-bond acceptors (Lipinski definition) is 3. The molecule has 0 amide bonds. The fraction of sp³-hybridized carbons (Fsp3) is 0.448. The predicted octanol–water partition coefficient (Wildman–Crippen LogP) is 6.91. The lowest BCUT2D eigenvalue weighted by Gasteiger charge is -2.29. The van der Waals surface area contributed by atoms with Gasteiger partial charge in [-0.2, -0.15) is 0 Å². The molecular formula is C29H41NO2. The second kappa shape index (κ2) is 12.0. The first-order valence-electron chi connectivity index (χ1n) is 11.5. The molecule has 0 aliphatic carbocycles. The van der Waals surface area contributed by atoms with Gasteiger partial charge < -0.3 is 14.8 Å². The van der Waals surface area contributed by atoms with Gasteiger partial charge in [0.1, 0.15) is 0 Å². The van der Waals surface area contributed by atoms with Gasteiger partial charge in [0, 0.05) is 25.8 Å². The summed E-state index contributed by atoms with van der Waals surface area (Å²) in [7, 11) is 1.75. The van der Waals surface area contributed by atoms with Crippen LogP contribution in [0.1, 0.15) is 56.4 Å². The molecule has 3 heteroatoms. The zero-order chi connectivity index (χ0) is 23.6. The topological polar surface area (TPSA) is 30.5 Å². The molecule has 0 saturated carbocycles. The van der Waals surface area contributed by atoms with Gasteiger partial charge in [0.05, 0.1) is 17.8 Å². The molecule has 0 spiro atoms. The number of allylic oxidation sites excluding steroid dienone is 2. The third-order valence-electron chi connectivity index (χ3n) is 5.68. The molecule has 0 bridgehead atoms. The second-order valence-electron chi connectivity index (χ2n) is 9.70. The molecule has 174 valence electrons. The van der Waals surface area contributed by atoms with Gasteiger partial charge >= 0.3 is 0 Å². The molecule has 2 aromatic carbocycles. The quantitative estimate of drug-likeness (QED) is 0.327. The lowest BCUT2D eigenvalue weighted by molar-refractivity contribution is -0.0574. The van der Waals surface area contributed by atoms with E-state index < -0.39 is 0 Å². The van der Waals surface area contributed by atoms with Gasteiger partial charge in [0.25, 0.3) is 0 Å². The van der Waals surface area contributed by atoms with Crippen LogP contribution in [0.4, 0.5) is 5.69 Å². The van der Waals surface area contributed by atoms with Crippen molar-refractivity contribution in [3.8, 4) is 0 Å². The van der Waals surface area contributed by atoms with Crippen LogP contribution in [0, 0.1) is 0 Å². The zero-order valence-electron chi connectivity index (χ0n) is 20.7. The van der Waals surface area contributed by atoms with Gasteiger partial charge in [0.15, 0.2) is 0 Å². The molecule has 0 aliphatic rings. The number of benzene rings is 2. The lowest BCUT2D eigenvalue weighted by atomic mass is 9.97. The summed E-state index contributed by atoms with van der Waals surface area (Å²) in [6, 6.07) is 15.4. The van der Waals surface area contributed by atoms with Crippen LogP contribution in [-0.2, 0) is 35.3 Å². The van der Waals surface area contributed by atoms with Crippen molar-refractivity contribution >= 4 is 5.69 Å². The summed E-state index contributed by atoms with van der Waals surface area (Å²) in [5, 5.41) is 3.59. The Kier molecular flexibility index (Phi) is 9.74. The minimum absolute atomic E-state index is 0.158. The maximum absolute atomic E-state index is 6.20. The number of rotatable bonds is 14. The van der Waals surface area contributed by atoms with Crippen molar-refractivity contribution < 1.29 is 9.47 Å². The molecular weight excluding hydrogens is 394 g/mol. The molecule has 0 aliphatic heterocycles. The Morgan fingerprint density at radius 3 is 2.06 bits per heavy atom. The Hall–Kier alpha value is -2.36. The van der Waals surface area contributed by atoms with Crippen molar-refractivity contribution in [2.45, 2.75) is 71.1 Å². The lowest BCUT2D eigenvalue weighted by Crippen LogP contribution is -2.31. The van der Waals surface area contributed by atoms with Gasteiger partial charge in [-0.1, -0.05) is 42.5 Å². The monoisotopic (exact) mass is 435 g/mol. The highest BCUT2D eigenvalue weighted by molar-refractivity contribution is 5.47. The molecule has 32 heavy (non-hydrogen) atoms. The van der Waals surface area contributed by atoms with Crippen LogP contribution >= 0.6 is 0 Å². The maximum Gasteiger partial charge on any atom is 0.0666 e. The van der Waals surface area contributed by atoms with Crippen molar-refractivity contribution in [1.82, 2.24) is 0 Å². The van der Waals surface area contributed by atoms with E-state index in [4.69, 9.17) is 9.47 Å². The molecule has 0 saturated heterocycles. The SMILES string of the molecule is C=CCc1cc(CC=C)cc(CNc2cccc(CC(C)(C)OCCC(C)(C)OC)c2)c1. The minimum Gasteiger partial charge on any atom is -0.381 e. The molecule has 0 fully saturated rings. The number of hydrogen-bond donors (Lipinski definition) is 1. The highest BCUT2D eigenvalue weighted by atomic mass is 16.5. The molecule has 2 aromatic rings. The fourth-order valence-corrected chi connectivity index (χ4v) is 3.72. The van der Waals surface area contributed by atoms with Crippen LogP contribution in [0.3, 0.4) is 0 Å². The van der Waals surface area contributed by atoms with Gasteiger partial charge in [-0.05, 0) is 81.3 Å². The van der Waals surface area contributed by atoms with Crippen LogP contribution < -0.4 is 5.32 Å². The Balaban J connectivity index is 1.99. The van der Waals surface area contributed by atoms with Crippen LogP contribution in [0.5, 0.6) is 0 Å². The van der Waals surface area contributed by atoms with Gasteiger partial charge in [-0.3, -0.25) is 0 Å². The van der Waals surface area contributed by atoms with Crippen LogP contribution in [0.15, 0.2) is 67.8 Å². The second-order valence-corrected chi connectivity index (χ2v) is 9.70. The third kappa shape index (κ3) is 9.02. The van der Waals surface area contributed by atoms with Crippen LogP contribution in [0.2, 0.25) is 0 Å². The number of anilines is 1. The molecule has 0 atom stereocenters. The minimum atomic E-state index is -0.235. The smallest absolute Gasteiger partial charge is 0.0666 e. The van der Waals surface area contributed by atoms with Crippen molar-refractivity contribution in [2.24, 2.45) is 0 Å². The Labute approximate surface area is 195 Å². The van der Waals surface area contributed by atoms with E-state index in [2.05, 4.69) is 88.6 Å². The fourth-order valence-electron chi connectivity index (χ4n) is 3.72. The summed E-state index contributed by atoms with van der Waals surface area (Å²) in [6.07, 6.45) is 7.39. The summed E-state index contributed by atoms with van der Waals surface area (Å²) >= 11 is 0. The number of nitrogens with one attached hydrogen (secondary N) is 1. The standard InChI is InChI=1S/C29H41NO2/c1-8-11-23-17-24(12-9-2)19-26(18-23)22-30-27-14-10-13-25(20-27)21-29(5,6)32-16-15-28(3,4)31-7/h8-10,13-14,17-20,30H,1-2,11-12,15-16,21-22H2,3-7H3. The van der Waals surface area contributed by atoms with Crippen molar-refractivity contribution in [2.75, 3.05) is 19.0 Å². The van der Waals surface area contributed by atoms with E-state index in [0.29, 0.717) is 6.61 Å². The highest BCUT2D eigenvalue weighted by Crippen LogP contribution is 2.22. The molecule has 2 rings (SSSR count). The summed E-state index contributed by atoms with van der Waals surface area (Å²) in [5.41, 5.74) is 5.85. The van der Waals surface area contributed by atoms with E-state index in [1.807, 2.05) is 12.2 Å². The average molecular weight is 436 g/mol. The number of methoxy groups -OCH3 is 1. The van der Waals surface area contributed by atoms with Gasteiger partial charge in [0.2, 0.25) is 0 Å². The van der Waals surface area contributed by atoms with Crippen molar-refractivity contribution in [3.63, 3.8) is 0 Å². The van der Waals surface area contributed by atoms with E-state index in [0.717, 1.165) is 37.9 Å². The largest absolute Gasteiger partial charge is 0.381 e. The van der Waals surface area contributed by atoms with Gasteiger partial charge in [-0.25, -0.2) is 0 Å².